The number of hydrogen-bond donors (Lipinski definition) is 2. The third kappa shape index (κ3) is 7.29. The van der Waals surface area contributed by atoms with E-state index in [1.54, 1.807) is 19.2 Å². The first-order valence-corrected chi connectivity index (χ1v) is 9.31. The predicted octanol–water partition coefficient (Wildman–Crippen LogP) is 2.51. The van der Waals surface area contributed by atoms with Crippen LogP contribution in [-0.4, -0.2) is 31.0 Å². The molecule has 154 valence electrons. The molecule has 0 bridgehead atoms. The molecule has 2 atom stereocenters. The second-order valence-electron chi connectivity index (χ2n) is 6.57. The van der Waals surface area contributed by atoms with E-state index in [0.29, 0.717) is 6.54 Å². The summed E-state index contributed by atoms with van der Waals surface area (Å²) in [6, 6.07) is 15.9. The van der Waals surface area contributed by atoms with E-state index in [4.69, 9.17) is 9.47 Å². The summed E-state index contributed by atoms with van der Waals surface area (Å²) in [4.78, 5) is 36.0. The summed E-state index contributed by atoms with van der Waals surface area (Å²) >= 11 is 0. The number of amides is 2. The molecule has 2 amide bonds. The van der Waals surface area contributed by atoms with Crippen LogP contribution < -0.4 is 15.4 Å². The lowest BCUT2D eigenvalue weighted by Gasteiger charge is -2.19. The van der Waals surface area contributed by atoms with Gasteiger partial charge in [0.15, 0.2) is 6.10 Å². The molecule has 2 aromatic carbocycles. The maximum atomic E-state index is 12.3. The predicted molar refractivity (Wildman–Crippen MR) is 108 cm³/mol. The van der Waals surface area contributed by atoms with Crippen LogP contribution in [-0.2, 0) is 25.7 Å². The summed E-state index contributed by atoms with van der Waals surface area (Å²) in [6.45, 7) is 3.21. The SMILES string of the molecule is COc1ccc(CNC(=O)[C@H](C)OC(=O)C[C@H](NC(C)=O)c2ccccc2)cc1. The van der Waals surface area contributed by atoms with Crippen molar-refractivity contribution in [2.45, 2.75) is 39.0 Å². The highest BCUT2D eigenvalue weighted by atomic mass is 16.5. The van der Waals surface area contributed by atoms with Gasteiger partial charge in [0.2, 0.25) is 5.91 Å². The first kappa shape index (κ1) is 21.9. The van der Waals surface area contributed by atoms with Crippen molar-refractivity contribution < 1.29 is 23.9 Å². The molecule has 0 saturated heterocycles. The van der Waals surface area contributed by atoms with E-state index >= 15 is 0 Å². The van der Waals surface area contributed by atoms with Gasteiger partial charge >= 0.3 is 5.97 Å². The van der Waals surface area contributed by atoms with E-state index in [-0.39, 0.29) is 12.3 Å². The van der Waals surface area contributed by atoms with Gasteiger partial charge in [-0.05, 0) is 30.2 Å². The summed E-state index contributed by atoms with van der Waals surface area (Å²) in [7, 11) is 1.58. The average Bonchev–Trinajstić information content (AvgIpc) is 2.72. The fourth-order valence-electron chi connectivity index (χ4n) is 2.72. The van der Waals surface area contributed by atoms with Crippen molar-refractivity contribution in [2.24, 2.45) is 0 Å². The third-order valence-electron chi connectivity index (χ3n) is 4.25. The van der Waals surface area contributed by atoms with Crippen LogP contribution in [0.25, 0.3) is 0 Å². The van der Waals surface area contributed by atoms with E-state index in [2.05, 4.69) is 10.6 Å². The number of carbonyl (C=O) groups is 3. The minimum Gasteiger partial charge on any atom is -0.497 e. The molecule has 0 aliphatic carbocycles. The molecule has 0 aliphatic rings. The van der Waals surface area contributed by atoms with Gasteiger partial charge in [-0.1, -0.05) is 42.5 Å². The molecule has 7 nitrogen and oxygen atoms in total. The maximum Gasteiger partial charge on any atom is 0.309 e. The lowest BCUT2D eigenvalue weighted by molar-refractivity contribution is -0.155. The summed E-state index contributed by atoms with van der Waals surface area (Å²) < 4.78 is 10.3. The zero-order chi connectivity index (χ0) is 21.2. The Labute approximate surface area is 170 Å². The van der Waals surface area contributed by atoms with Crippen LogP contribution in [0.1, 0.15) is 37.4 Å². The number of benzene rings is 2. The van der Waals surface area contributed by atoms with Crippen LogP contribution in [0.15, 0.2) is 54.6 Å². The lowest BCUT2D eigenvalue weighted by Crippen LogP contribution is -2.36. The Kier molecular flexibility index (Phi) is 8.21. The number of rotatable bonds is 9. The summed E-state index contributed by atoms with van der Waals surface area (Å²) in [5, 5.41) is 5.47. The number of nitrogens with one attached hydrogen (secondary N) is 2. The molecular formula is C22H26N2O5. The minimum absolute atomic E-state index is 0.0697. The van der Waals surface area contributed by atoms with E-state index < -0.39 is 24.0 Å². The molecule has 0 unspecified atom stereocenters. The van der Waals surface area contributed by atoms with Crippen molar-refractivity contribution in [1.82, 2.24) is 10.6 Å². The zero-order valence-corrected chi connectivity index (χ0v) is 16.8. The van der Waals surface area contributed by atoms with Gasteiger partial charge in [-0.25, -0.2) is 0 Å². The topological polar surface area (TPSA) is 93.7 Å². The average molecular weight is 398 g/mol. The van der Waals surface area contributed by atoms with Crippen LogP contribution in [0.5, 0.6) is 5.75 Å². The Hall–Kier alpha value is -3.35. The van der Waals surface area contributed by atoms with Crippen molar-refractivity contribution in [2.75, 3.05) is 7.11 Å². The standard InChI is InChI=1S/C22H26N2O5/c1-15(22(27)23-14-17-9-11-19(28-3)12-10-17)29-21(26)13-20(24-16(2)25)18-7-5-4-6-8-18/h4-12,15,20H,13-14H2,1-3H3,(H,23,27)(H,24,25)/t15-,20-/m0/s1. The molecule has 0 aromatic heterocycles. The lowest BCUT2D eigenvalue weighted by atomic mass is 10.0. The van der Waals surface area contributed by atoms with Gasteiger partial charge in [0.25, 0.3) is 5.91 Å². The normalized spacial score (nSPS) is 12.4. The molecule has 0 fully saturated rings. The third-order valence-corrected chi connectivity index (χ3v) is 4.25. The van der Waals surface area contributed by atoms with Crippen molar-refractivity contribution in [3.63, 3.8) is 0 Å². The zero-order valence-electron chi connectivity index (χ0n) is 16.8. The Balaban J connectivity index is 1.87. The molecule has 0 aliphatic heterocycles. The molecule has 2 N–H and O–H groups in total. The summed E-state index contributed by atoms with van der Waals surface area (Å²) in [5.74, 6) is -0.490. The number of methoxy groups -OCH3 is 1. The first-order chi connectivity index (χ1) is 13.9. The number of hydrogen-bond acceptors (Lipinski definition) is 5. The van der Waals surface area contributed by atoms with Crippen LogP contribution >= 0.6 is 0 Å². The smallest absolute Gasteiger partial charge is 0.309 e. The minimum atomic E-state index is -0.950. The monoisotopic (exact) mass is 398 g/mol. The molecule has 0 spiro atoms. The summed E-state index contributed by atoms with van der Waals surface area (Å²) in [6.07, 6.45) is -1.02. The molecule has 29 heavy (non-hydrogen) atoms. The van der Waals surface area contributed by atoms with Crippen molar-refractivity contribution >= 4 is 17.8 Å². The van der Waals surface area contributed by atoms with E-state index in [9.17, 15) is 14.4 Å². The number of ether oxygens (including phenoxy) is 2. The van der Waals surface area contributed by atoms with Crippen molar-refractivity contribution in [3.05, 3.63) is 65.7 Å². The Morgan fingerprint density at radius 3 is 2.24 bits per heavy atom. The van der Waals surface area contributed by atoms with Gasteiger partial charge in [0, 0.05) is 13.5 Å². The van der Waals surface area contributed by atoms with Gasteiger partial charge in [-0.2, -0.15) is 0 Å². The van der Waals surface area contributed by atoms with Crippen molar-refractivity contribution in [3.8, 4) is 5.75 Å². The molecule has 0 heterocycles. The highest BCUT2D eigenvalue weighted by molar-refractivity contribution is 5.83. The Morgan fingerprint density at radius 1 is 1.00 bits per heavy atom. The highest BCUT2D eigenvalue weighted by Gasteiger charge is 2.22. The van der Waals surface area contributed by atoms with Crippen LogP contribution in [0.3, 0.4) is 0 Å². The Morgan fingerprint density at radius 2 is 1.66 bits per heavy atom. The van der Waals surface area contributed by atoms with Gasteiger partial charge < -0.3 is 20.1 Å². The fourth-order valence-corrected chi connectivity index (χ4v) is 2.72. The Bertz CT molecular complexity index is 821. The second-order valence-corrected chi connectivity index (χ2v) is 6.57. The first-order valence-electron chi connectivity index (χ1n) is 9.31. The van der Waals surface area contributed by atoms with Gasteiger partial charge in [0.1, 0.15) is 5.75 Å². The summed E-state index contributed by atoms with van der Waals surface area (Å²) in [5.41, 5.74) is 1.68. The van der Waals surface area contributed by atoms with E-state index in [0.717, 1.165) is 16.9 Å². The van der Waals surface area contributed by atoms with Crippen LogP contribution in [0, 0.1) is 0 Å². The van der Waals surface area contributed by atoms with Gasteiger partial charge in [-0.15, -0.1) is 0 Å². The van der Waals surface area contributed by atoms with Crippen molar-refractivity contribution in [1.29, 1.82) is 0 Å². The quantitative estimate of drug-likeness (QED) is 0.633. The largest absolute Gasteiger partial charge is 0.497 e. The molecule has 0 radical (unpaired) electrons. The number of carbonyl (C=O) groups excluding carboxylic acids is 3. The van der Waals surface area contributed by atoms with Gasteiger partial charge in [-0.3, -0.25) is 14.4 Å². The van der Waals surface area contributed by atoms with E-state index in [1.165, 1.54) is 13.8 Å². The number of esters is 1. The van der Waals surface area contributed by atoms with Crippen LogP contribution in [0.2, 0.25) is 0 Å². The van der Waals surface area contributed by atoms with E-state index in [1.807, 2.05) is 42.5 Å². The van der Waals surface area contributed by atoms with Crippen LogP contribution in [0.4, 0.5) is 0 Å². The second kappa shape index (κ2) is 10.8. The molecular weight excluding hydrogens is 372 g/mol. The highest BCUT2D eigenvalue weighted by Crippen LogP contribution is 2.17. The maximum absolute atomic E-state index is 12.3. The van der Waals surface area contributed by atoms with Gasteiger partial charge in [0.05, 0.1) is 19.6 Å². The molecule has 2 rings (SSSR count). The molecule has 7 heteroatoms. The molecule has 0 saturated carbocycles. The molecule has 2 aromatic rings. The fraction of sp³-hybridized carbons (Fsp3) is 0.318.